The second-order valence-electron chi connectivity index (χ2n) is 4.26. The molecule has 3 aromatic rings. The average molecular weight is 239 g/mol. The minimum Gasteiger partial charge on any atom is -0.508 e. The van der Waals surface area contributed by atoms with Crippen LogP contribution >= 0.6 is 0 Å². The van der Waals surface area contributed by atoms with E-state index in [4.69, 9.17) is 5.73 Å². The first-order chi connectivity index (χ1) is 8.66. The lowest BCUT2D eigenvalue weighted by atomic mass is 10.1. The number of benzene rings is 2. The zero-order valence-corrected chi connectivity index (χ0v) is 9.96. The van der Waals surface area contributed by atoms with E-state index in [2.05, 4.69) is 5.10 Å². The fourth-order valence-corrected chi connectivity index (χ4v) is 2.26. The Hall–Kier alpha value is -2.49. The molecule has 0 fully saturated rings. The maximum Gasteiger partial charge on any atom is 0.116 e. The monoisotopic (exact) mass is 239 g/mol. The van der Waals surface area contributed by atoms with E-state index in [1.807, 2.05) is 37.4 Å². The first-order valence-corrected chi connectivity index (χ1v) is 5.67. The molecule has 90 valence electrons. The summed E-state index contributed by atoms with van der Waals surface area (Å²) in [5.74, 6) is 0.233. The number of phenols is 1. The molecule has 0 aliphatic heterocycles. The number of anilines is 1. The van der Waals surface area contributed by atoms with Gasteiger partial charge < -0.3 is 10.8 Å². The van der Waals surface area contributed by atoms with Crippen molar-refractivity contribution >= 4 is 16.6 Å². The van der Waals surface area contributed by atoms with Gasteiger partial charge in [-0.05, 0) is 24.3 Å². The summed E-state index contributed by atoms with van der Waals surface area (Å²) < 4.78 is 1.79. The van der Waals surface area contributed by atoms with Crippen molar-refractivity contribution < 1.29 is 5.11 Å². The normalized spacial score (nSPS) is 10.9. The summed E-state index contributed by atoms with van der Waals surface area (Å²) >= 11 is 0. The van der Waals surface area contributed by atoms with Crippen molar-refractivity contribution in [3.8, 4) is 17.0 Å². The fraction of sp³-hybridized carbons (Fsp3) is 0.0714. The number of rotatable bonds is 1. The Morgan fingerprint density at radius 2 is 1.94 bits per heavy atom. The van der Waals surface area contributed by atoms with Gasteiger partial charge in [0.05, 0.1) is 16.6 Å². The molecule has 2 aromatic carbocycles. The van der Waals surface area contributed by atoms with Crippen LogP contribution < -0.4 is 5.73 Å². The molecule has 0 unspecified atom stereocenters. The zero-order chi connectivity index (χ0) is 12.7. The number of aryl methyl sites for hydroxylation is 1. The van der Waals surface area contributed by atoms with E-state index in [0.29, 0.717) is 5.69 Å². The van der Waals surface area contributed by atoms with Gasteiger partial charge in [0.2, 0.25) is 0 Å². The number of hydrogen-bond donors (Lipinski definition) is 2. The zero-order valence-electron chi connectivity index (χ0n) is 9.96. The number of fused-ring (bicyclic) bond motifs is 1. The molecule has 0 atom stereocenters. The fourth-order valence-electron chi connectivity index (χ4n) is 2.26. The molecule has 3 N–H and O–H groups in total. The van der Waals surface area contributed by atoms with Crippen molar-refractivity contribution in [1.29, 1.82) is 0 Å². The summed E-state index contributed by atoms with van der Waals surface area (Å²) in [4.78, 5) is 0. The number of hydrogen-bond acceptors (Lipinski definition) is 3. The predicted molar refractivity (Wildman–Crippen MR) is 72.2 cm³/mol. The largest absolute Gasteiger partial charge is 0.508 e. The number of nitrogens with two attached hydrogens (primary N) is 1. The van der Waals surface area contributed by atoms with E-state index in [9.17, 15) is 5.11 Å². The molecule has 4 nitrogen and oxygen atoms in total. The molecule has 0 bridgehead atoms. The van der Waals surface area contributed by atoms with Gasteiger partial charge in [-0.25, -0.2) is 0 Å². The molecule has 0 aliphatic carbocycles. The van der Waals surface area contributed by atoms with Crippen LogP contribution in [0, 0.1) is 0 Å². The van der Waals surface area contributed by atoms with Crippen molar-refractivity contribution in [3.05, 3.63) is 42.5 Å². The smallest absolute Gasteiger partial charge is 0.116 e. The quantitative estimate of drug-likeness (QED) is 0.641. The third-order valence-corrected chi connectivity index (χ3v) is 3.01. The highest BCUT2D eigenvalue weighted by molar-refractivity contribution is 6.01. The van der Waals surface area contributed by atoms with Crippen LogP contribution in [0.2, 0.25) is 0 Å². The van der Waals surface area contributed by atoms with Crippen molar-refractivity contribution in [1.82, 2.24) is 9.78 Å². The number of phenolic OH excluding ortho intramolecular Hbond substituents is 1. The Kier molecular flexibility index (Phi) is 2.23. The van der Waals surface area contributed by atoms with Crippen molar-refractivity contribution in [2.45, 2.75) is 0 Å². The lowest BCUT2D eigenvalue weighted by Crippen LogP contribution is -1.94. The summed E-state index contributed by atoms with van der Waals surface area (Å²) in [6.45, 7) is 0. The standard InChI is InChI=1S/C14H13N3O/c1-17-14(9-4-2-5-10(18)8-9)13-11(15)6-3-7-12(13)16-17/h2-8,18H,15H2,1H3. The summed E-state index contributed by atoms with van der Waals surface area (Å²) in [5, 5.41) is 14.9. The van der Waals surface area contributed by atoms with Gasteiger partial charge in [0, 0.05) is 18.3 Å². The average Bonchev–Trinajstić information content (AvgIpc) is 2.67. The number of nitrogens with zero attached hydrogens (tertiary/aromatic N) is 2. The topological polar surface area (TPSA) is 64.1 Å². The summed E-state index contributed by atoms with van der Waals surface area (Å²) in [6, 6.07) is 12.8. The molecule has 0 saturated heterocycles. The Bertz CT molecular complexity index is 731. The SMILES string of the molecule is Cn1nc2cccc(N)c2c1-c1cccc(O)c1. The second-order valence-corrected chi connectivity index (χ2v) is 4.26. The van der Waals surface area contributed by atoms with Gasteiger partial charge in [-0.2, -0.15) is 5.10 Å². The van der Waals surface area contributed by atoms with Gasteiger partial charge in [-0.3, -0.25) is 4.68 Å². The van der Waals surface area contributed by atoms with E-state index in [0.717, 1.165) is 22.2 Å². The molecule has 1 heterocycles. The molecule has 0 amide bonds. The molecule has 0 radical (unpaired) electrons. The van der Waals surface area contributed by atoms with Crippen molar-refractivity contribution in [2.75, 3.05) is 5.73 Å². The first-order valence-electron chi connectivity index (χ1n) is 5.67. The molecular weight excluding hydrogens is 226 g/mol. The molecule has 1 aromatic heterocycles. The molecule has 0 spiro atoms. The molecular formula is C14H13N3O. The van der Waals surface area contributed by atoms with Crippen LogP contribution in [0.4, 0.5) is 5.69 Å². The summed E-state index contributed by atoms with van der Waals surface area (Å²) in [7, 11) is 1.87. The van der Waals surface area contributed by atoms with E-state index in [1.54, 1.807) is 16.8 Å². The van der Waals surface area contributed by atoms with E-state index >= 15 is 0 Å². The third kappa shape index (κ3) is 1.50. The second kappa shape index (κ2) is 3.77. The highest BCUT2D eigenvalue weighted by atomic mass is 16.3. The van der Waals surface area contributed by atoms with Gasteiger partial charge in [0.15, 0.2) is 0 Å². The van der Waals surface area contributed by atoms with Gasteiger partial charge >= 0.3 is 0 Å². The Morgan fingerprint density at radius 1 is 1.17 bits per heavy atom. The molecule has 0 aliphatic rings. The van der Waals surface area contributed by atoms with E-state index < -0.39 is 0 Å². The molecule has 18 heavy (non-hydrogen) atoms. The first kappa shape index (κ1) is 10.7. The highest BCUT2D eigenvalue weighted by Crippen LogP contribution is 2.33. The Balaban J connectivity index is 2.38. The van der Waals surface area contributed by atoms with Crippen LogP contribution in [-0.4, -0.2) is 14.9 Å². The Morgan fingerprint density at radius 3 is 2.72 bits per heavy atom. The number of aromatic hydroxyl groups is 1. The third-order valence-electron chi connectivity index (χ3n) is 3.01. The van der Waals surface area contributed by atoms with Gasteiger partial charge in [0.1, 0.15) is 5.75 Å². The summed E-state index contributed by atoms with van der Waals surface area (Å²) in [6.07, 6.45) is 0. The van der Waals surface area contributed by atoms with Crippen LogP contribution in [0.25, 0.3) is 22.2 Å². The lowest BCUT2D eigenvalue weighted by molar-refractivity contribution is 0.475. The van der Waals surface area contributed by atoms with Crippen LogP contribution in [0.1, 0.15) is 0 Å². The highest BCUT2D eigenvalue weighted by Gasteiger charge is 2.13. The Labute approximate surface area is 104 Å². The van der Waals surface area contributed by atoms with Gasteiger partial charge in [0.25, 0.3) is 0 Å². The molecule has 3 rings (SSSR count). The lowest BCUT2D eigenvalue weighted by Gasteiger charge is -2.05. The van der Waals surface area contributed by atoms with Crippen LogP contribution in [0.3, 0.4) is 0 Å². The minimum atomic E-state index is 0.233. The predicted octanol–water partition coefficient (Wildman–Crippen LogP) is 2.53. The van der Waals surface area contributed by atoms with Crippen LogP contribution in [-0.2, 0) is 7.05 Å². The maximum atomic E-state index is 9.58. The van der Waals surface area contributed by atoms with Crippen molar-refractivity contribution in [2.24, 2.45) is 7.05 Å². The van der Waals surface area contributed by atoms with Gasteiger partial charge in [-0.1, -0.05) is 18.2 Å². The molecule has 0 saturated carbocycles. The number of aromatic nitrogens is 2. The molecule has 4 heteroatoms. The number of nitrogen functional groups attached to an aromatic ring is 1. The summed E-state index contributed by atoms with van der Waals surface area (Å²) in [5.41, 5.74) is 9.40. The maximum absolute atomic E-state index is 9.58. The van der Waals surface area contributed by atoms with Gasteiger partial charge in [-0.15, -0.1) is 0 Å². The van der Waals surface area contributed by atoms with Crippen LogP contribution in [0.5, 0.6) is 5.75 Å². The minimum absolute atomic E-state index is 0.233. The van der Waals surface area contributed by atoms with Crippen molar-refractivity contribution in [3.63, 3.8) is 0 Å². The van der Waals surface area contributed by atoms with E-state index in [1.165, 1.54) is 0 Å². The van der Waals surface area contributed by atoms with Crippen LogP contribution in [0.15, 0.2) is 42.5 Å². The van der Waals surface area contributed by atoms with E-state index in [-0.39, 0.29) is 5.75 Å².